The number of aliphatic hydroxyl groups is 1. The summed E-state index contributed by atoms with van der Waals surface area (Å²) in [6.07, 6.45) is 4.65. The predicted octanol–water partition coefficient (Wildman–Crippen LogP) is 5.29. The topological polar surface area (TPSA) is 73.8 Å². The van der Waals surface area contributed by atoms with Gasteiger partial charge in [0.05, 0.1) is 11.9 Å². The van der Waals surface area contributed by atoms with Crippen LogP contribution >= 0.6 is 11.6 Å². The molecule has 1 unspecified atom stereocenters. The fourth-order valence-electron chi connectivity index (χ4n) is 4.18. The van der Waals surface area contributed by atoms with Crippen molar-refractivity contribution < 1.29 is 9.84 Å². The average Bonchev–Trinajstić information content (AvgIpc) is 2.88. The van der Waals surface area contributed by atoms with E-state index in [1.807, 2.05) is 60.4 Å². The highest BCUT2D eigenvalue weighted by Gasteiger charge is 2.28. The first-order chi connectivity index (χ1) is 17.0. The minimum absolute atomic E-state index is 0.607. The van der Waals surface area contributed by atoms with E-state index in [1.54, 1.807) is 12.4 Å². The van der Waals surface area contributed by atoms with E-state index >= 15 is 0 Å². The SMILES string of the molecule is CCN(CC)CCOc1ccc(Nc2cc3c(cn2)C=C(c2ccccc2Cl)C(O)N3CC)nc1. The minimum atomic E-state index is -0.812. The number of likely N-dealkylation sites (N-methyl/N-ethyl adjacent to an activating group) is 2. The number of benzene rings is 1. The first-order valence-electron chi connectivity index (χ1n) is 12.0. The lowest BCUT2D eigenvalue weighted by Crippen LogP contribution is -2.38. The van der Waals surface area contributed by atoms with E-state index in [4.69, 9.17) is 16.3 Å². The molecule has 0 bridgehead atoms. The molecule has 0 radical (unpaired) electrons. The number of nitrogens with one attached hydrogen (secondary N) is 1. The smallest absolute Gasteiger partial charge is 0.153 e. The second-order valence-corrected chi connectivity index (χ2v) is 8.65. The molecule has 1 atom stereocenters. The van der Waals surface area contributed by atoms with Crippen LogP contribution < -0.4 is 15.0 Å². The number of pyridine rings is 2. The van der Waals surface area contributed by atoms with Gasteiger partial charge < -0.3 is 25.0 Å². The molecular formula is C27H32ClN5O2. The van der Waals surface area contributed by atoms with Crippen LogP contribution in [0.4, 0.5) is 17.3 Å². The van der Waals surface area contributed by atoms with Gasteiger partial charge in [-0.05, 0) is 44.3 Å². The van der Waals surface area contributed by atoms with Gasteiger partial charge in [0.25, 0.3) is 0 Å². The number of nitrogens with zero attached hydrogens (tertiary/aromatic N) is 4. The number of aromatic nitrogens is 2. The molecule has 0 spiro atoms. The quantitative estimate of drug-likeness (QED) is 0.397. The Morgan fingerprint density at radius 2 is 1.83 bits per heavy atom. The first-order valence-corrected chi connectivity index (χ1v) is 12.4. The highest BCUT2D eigenvalue weighted by molar-refractivity contribution is 6.32. The maximum atomic E-state index is 11.1. The van der Waals surface area contributed by atoms with Crippen molar-refractivity contribution in [1.82, 2.24) is 14.9 Å². The molecule has 3 heterocycles. The minimum Gasteiger partial charge on any atom is -0.491 e. The van der Waals surface area contributed by atoms with Gasteiger partial charge in [-0.2, -0.15) is 0 Å². The maximum Gasteiger partial charge on any atom is 0.153 e. The molecule has 35 heavy (non-hydrogen) atoms. The standard InChI is InChI=1S/C27H32ClN5O2/c1-4-32(5-2)13-14-35-20-11-12-25(30-18-20)31-26-16-24-19(17-29-26)15-22(27(34)33(24)6-3)21-9-7-8-10-23(21)28/h7-12,15-18,27,34H,4-6,13-14H2,1-3H3,(H,29,30,31). The van der Waals surface area contributed by atoms with E-state index in [1.165, 1.54) is 0 Å². The molecule has 184 valence electrons. The lowest BCUT2D eigenvalue weighted by atomic mass is 9.96. The highest BCUT2D eigenvalue weighted by atomic mass is 35.5. The molecule has 1 aliphatic rings. The zero-order chi connectivity index (χ0) is 24.8. The van der Waals surface area contributed by atoms with E-state index in [0.29, 0.717) is 29.8 Å². The van der Waals surface area contributed by atoms with Crippen LogP contribution in [0, 0.1) is 0 Å². The summed E-state index contributed by atoms with van der Waals surface area (Å²) in [5.74, 6) is 2.05. The van der Waals surface area contributed by atoms with E-state index in [-0.39, 0.29) is 0 Å². The van der Waals surface area contributed by atoms with Gasteiger partial charge in [-0.3, -0.25) is 0 Å². The summed E-state index contributed by atoms with van der Waals surface area (Å²) in [6.45, 7) is 10.5. The van der Waals surface area contributed by atoms with Crippen LogP contribution in [-0.2, 0) is 0 Å². The van der Waals surface area contributed by atoms with Gasteiger partial charge in [0, 0.05) is 47.1 Å². The average molecular weight is 494 g/mol. The predicted molar refractivity (Wildman–Crippen MR) is 143 cm³/mol. The summed E-state index contributed by atoms with van der Waals surface area (Å²) in [5, 5.41) is 15.0. The molecule has 3 aromatic rings. The Kier molecular flexibility index (Phi) is 8.23. The zero-order valence-corrected chi connectivity index (χ0v) is 21.2. The molecule has 0 amide bonds. The highest BCUT2D eigenvalue weighted by Crippen LogP contribution is 2.39. The molecule has 1 aromatic carbocycles. The Bertz CT molecular complexity index is 1160. The maximum absolute atomic E-state index is 11.1. The molecule has 0 aliphatic carbocycles. The van der Waals surface area contributed by atoms with E-state index in [9.17, 15) is 5.11 Å². The Morgan fingerprint density at radius 3 is 2.51 bits per heavy atom. The van der Waals surface area contributed by atoms with Gasteiger partial charge in [-0.1, -0.05) is 43.6 Å². The van der Waals surface area contributed by atoms with E-state index < -0.39 is 6.23 Å². The lowest BCUT2D eigenvalue weighted by molar-refractivity contribution is 0.222. The number of anilines is 3. The van der Waals surface area contributed by atoms with Crippen molar-refractivity contribution in [2.75, 3.05) is 43.0 Å². The van der Waals surface area contributed by atoms with Crippen molar-refractivity contribution in [3.05, 3.63) is 71.0 Å². The van der Waals surface area contributed by atoms with Gasteiger partial charge in [-0.15, -0.1) is 0 Å². The number of ether oxygens (including phenoxy) is 1. The molecule has 0 fully saturated rings. The Balaban J connectivity index is 1.49. The fourth-order valence-corrected chi connectivity index (χ4v) is 4.43. The van der Waals surface area contributed by atoms with Crippen molar-refractivity contribution in [1.29, 1.82) is 0 Å². The van der Waals surface area contributed by atoms with Gasteiger partial charge >= 0.3 is 0 Å². The number of hydrogen-bond donors (Lipinski definition) is 2. The van der Waals surface area contributed by atoms with Crippen LogP contribution in [0.25, 0.3) is 11.6 Å². The van der Waals surface area contributed by atoms with Crippen LogP contribution in [0.15, 0.2) is 54.9 Å². The van der Waals surface area contributed by atoms with E-state index in [2.05, 4.69) is 34.0 Å². The molecule has 2 aromatic heterocycles. The van der Waals surface area contributed by atoms with Crippen LogP contribution in [0.3, 0.4) is 0 Å². The molecule has 8 heteroatoms. The van der Waals surface area contributed by atoms with Gasteiger partial charge in [-0.25, -0.2) is 9.97 Å². The summed E-state index contributed by atoms with van der Waals surface area (Å²) in [5.41, 5.74) is 3.38. The largest absolute Gasteiger partial charge is 0.491 e. The third kappa shape index (κ3) is 5.75. The molecule has 4 rings (SSSR count). The summed E-state index contributed by atoms with van der Waals surface area (Å²) < 4.78 is 5.82. The molecule has 1 aliphatic heterocycles. The van der Waals surface area contributed by atoms with Crippen molar-refractivity contribution in [3.63, 3.8) is 0 Å². The number of aliphatic hydroxyl groups excluding tert-OH is 1. The molecule has 7 nitrogen and oxygen atoms in total. The monoisotopic (exact) mass is 493 g/mol. The Hall–Kier alpha value is -3.13. The van der Waals surface area contributed by atoms with Crippen LogP contribution in [0.2, 0.25) is 5.02 Å². The summed E-state index contributed by atoms with van der Waals surface area (Å²) >= 11 is 6.41. The van der Waals surface area contributed by atoms with Crippen molar-refractivity contribution >= 4 is 40.6 Å². The molecule has 0 saturated carbocycles. The third-order valence-corrected chi connectivity index (χ3v) is 6.52. The van der Waals surface area contributed by atoms with Gasteiger partial charge in [0.15, 0.2) is 6.23 Å². The van der Waals surface area contributed by atoms with Gasteiger partial charge in [0.2, 0.25) is 0 Å². The molecule has 2 N–H and O–H groups in total. The number of halogens is 1. The van der Waals surface area contributed by atoms with Crippen molar-refractivity contribution in [2.45, 2.75) is 27.0 Å². The summed E-state index contributed by atoms with van der Waals surface area (Å²) in [6, 6.07) is 13.2. The fraction of sp³-hybridized carbons (Fsp3) is 0.333. The molecule has 0 saturated heterocycles. The van der Waals surface area contributed by atoms with Crippen LogP contribution in [0.1, 0.15) is 31.9 Å². The Labute approximate surface area is 212 Å². The van der Waals surface area contributed by atoms with Crippen molar-refractivity contribution in [2.24, 2.45) is 0 Å². The zero-order valence-electron chi connectivity index (χ0n) is 20.4. The van der Waals surface area contributed by atoms with Crippen LogP contribution in [0.5, 0.6) is 5.75 Å². The first kappa shape index (κ1) is 25.0. The third-order valence-electron chi connectivity index (χ3n) is 6.19. The second kappa shape index (κ2) is 11.5. The number of rotatable bonds is 10. The van der Waals surface area contributed by atoms with Crippen LogP contribution in [-0.4, -0.2) is 59.0 Å². The second-order valence-electron chi connectivity index (χ2n) is 8.25. The molecular weight excluding hydrogens is 462 g/mol. The summed E-state index contributed by atoms with van der Waals surface area (Å²) in [7, 11) is 0. The lowest BCUT2D eigenvalue weighted by Gasteiger charge is -2.35. The summed E-state index contributed by atoms with van der Waals surface area (Å²) in [4.78, 5) is 13.3. The Morgan fingerprint density at radius 1 is 1.06 bits per heavy atom. The van der Waals surface area contributed by atoms with Gasteiger partial charge in [0.1, 0.15) is 24.0 Å². The van der Waals surface area contributed by atoms with Crippen molar-refractivity contribution in [3.8, 4) is 5.75 Å². The normalized spacial score (nSPS) is 15.1. The number of fused-ring (bicyclic) bond motifs is 1. The van der Waals surface area contributed by atoms with E-state index in [0.717, 1.165) is 47.8 Å². The number of hydrogen-bond acceptors (Lipinski definition) is 7.